The Bertz CT molecular complexity index is 2060. The van der Waals surface area contributed by atoms with Gasteiger partial charge in [-0.25, -0.2) is 18.2 Å². The summed E-state index contributed by atoms with van der Waals surface area (Å²) >= 11 is 0. The van der Waals surface area contributed by atoms with Gasteiger partial charge in [0.2, 0.25) is 5.88 Å². The number of carboxylic acid groups (broad SMARTS) is 1. The number of aryl methyl sites for hydroxylation is 1. The van der Waals surface area contributed by atoms with Gasteiger partial charge < -0.3 is 19.3 Å². The molecule has 1 aliphatic heterocycles. The molecular weight excluding hydrogens is 592 g/mol. The predicted octanol–water partition coefficient (Wildman–Crippen LogP) is 6.62. The van der Waals surface area contributed by atoms with Crippen molar-refractivity contribution >= 4 is 37.6 Å². The van der Waals surface area contributed by atoms with E-state index in [0.29, 0.717) is 34.7 Å². The van der Waals surface area contributed by atoms with Crippen molar-refractivity contribution in [2.45, 2.75) is 57.3 Å². The molecule has 3 aromatic carbocycles. The second-order valence-corrected chi connectivity index (χ2v) is 14.3. The highest BCUT2D eigenvalue weighted by Crippen LogP contribution is 2.45. The van der Waals surface area contributed by atoms with E-state index in [-0.39, 0.29) is 11.5 Å². The molecule has 0 spiro atoms. The summed E-state index contributed by atoms with van der Waals surface area (Å²) in [5.74, 6) is 0.0279. The number of benzene rings is 3. The smallest absolute Gasteiger partial charge is 0.337 e. The van der Waals surface area contributed by atoms with Crippen LogP contribution in [-0.2, 0) is 32.4 Å². The fourth-order valence-electron chi connectivity index (χ4n) is 5.79. The molecule has 1 aliphatic rings. The Kier molecular flexibility index (Phi) is 7.74. The lowest BCUT2D eigenvalue weighted by molar-refractivity contribution is -0.160. The number of hydrogen-bond donors (Lipinski definition) is 1. The largest absolute Gasteiger partial charge is 0.493 e. The zero-order chi connectivity index (χ0) is 32.1. The maximum atomic E-state index is 12.8. The van der Waals surface area contributed by atoms with Crippen molar-refractivity contribution in [3.63, 3.8) is 0 Å². The van der Waals surface area contributed by atoms with Crippen molar-refractivity contribution in [3.05, 3.63) is 89.1 Å². The summed E-state index contributed by atoms with van der Waals surface area (Å²) in [6.07, 6.45) is 2.45. The Morgan fingerprint density at radius 2 is 1.82 bits per heavy atom. The van der Waals surface area contributed by atoms with E-state index in [4.69, 9.17) is 24.2 Å². The van der Waals surface area contributed by atoms with Gasteiger partial charge >= 0.3 is 5.97 Å². The number of pyridine rings is 2. The Morgan fingerprint density at radius 3 is 2.51 bits per heavy atom. The van der Waals surface area contributed by atoms with Crippen LogP contribution in [0.25, 0.3) is 32.9 Å². The summed E-state index contributed by atoms with van der Waals surface area (Å²) in [6, 6.07) is 17.8. The third-order valence-corrected chi connectivity index (χ3v) is 8.88. The van der Waals surface area contributed by atoms with Crippen molar-refractivity contribution in [1.82, 2.24) is 9.97 Å². The number of fused-ring (bicyclic) bond motifs is 1. The molecule has 3 heterocycles. The van der Waals surface area contributed by atoms with Crippen molar-refractivity contribution in [1.29, 1.82) is 0 Å². The number of carboxylic acids is 1. The number of nitrogens with zero attached hydrogens (tertiary/aromatic N) is 2. The molecule has 1 atom stereocenters. The molecule has 6 rings (SSSR count). The van der Waals surface area contributed by atoms with Gasteiger partial charge in [0, 0.05) is 46.8 Å². The van der Waals surface area contributed by atoms with Crippen LogP contribution in [0.5, 0.6) is 11.6 Å². The highest BCUT2D eigenvalue weighted by molar-refractivity contribution is 7.90. The molecule has 0 fully saturated rings. The fourth-order valence-corrected chi connectivity index (χ4v) is 6.42. The molecule has 0 aliphatic carbocycles. The predicted molar refractivity (Wildman–Crippen MR) is 172 cm³/mol. The van der Waals surface area contributed by atoms with E-state index in [1.807, 2.05) is 58.0 Å². The van der Waals surface area contributed by atoms with Crippen LogP contribution in [0, 0.1) is 6.92 Å². The number of aliphatic carboxylic acids is 1. The highest BCUT2D eigenvalue weighted by Gasteiger charge is 2.33. The molecule has 5 aromatic rings. The number of aromatic nitrogens is 2. The van der Waals surface area contributed by atoms with Gasteiger partial charge in [-0.3, -0.25) is 4.98 Å². The minimum atomic E-state index is -3.29. The molecule has 0 saturated heterocycles. The van der Waals surface area contributed by atoms with Crippen LogP contribution in [0.4, 0.5) is 0 Å². The van der Waals surface area contributed by atoms with Gasteiger partial charge in [-0.15, -0.1) is 0 Å². The molecule has 0 radical (unpaired) electrons. The summed E-state index contributed by atoms with van der Waals surface area (Å²) in [6.45, 7) is 8.13. The van der Waals surface area contributed by atoms with Gasteiger partial charge in [0.25, 0.3) is 0 Å². The lowest BCUT2D eigenvalue weighted by Crippen LogP contribution is -2.28. The SMILES string of the molecule is Cc1cc2nc(OCc3ccc(S(C)(=O)=O)cc3)ccc2c(-c2ccc3c4c(ccnc24)CCO3)c1C(OC(C)(C)C)C(=O)O. The Labute approximate surface area is 261 Å². The van der Waals surface area contributed by atoms with Gasteiger partial charge in [0.05, 0.1) is 28.1 Å². The Hall–Kier alpha value is -4.54. The zero-order valence-electron chi connectivity index (χ0n) is 25.7. The monoisotopic (exact) mass is 626 g/mol. The molecule has 1 unspecified atom stereocenters. The molecule has 0 bridgehead atoms. The van der Waals surface area contributed by atoms with E-state index in [9.17, 15) is 18.3 Å². The van der Waals surface area contributed by atoms with Crippen molar-refractivity contribution in [3.8, 4) is 22.8 Å². The standard InChI is InChI=1S/C35H34N2O7S/c1-20-18-26-24(11-13-28(37-26)43-19-21-6-8-23(9-7-21)45(5,40)41)31(29(20)33(34(38)39)44-35(2,3)4)25-10-12-27-30-22(15-17-42-27)14-16-36-32(25)30/h6-14,16,18,33H,15,17,19H2,1-5H3,(H,38,39). The first-order valence-corrected chi connectivity index (χ1v) is 16.5. The molecule has 1 N–H and O–H groups in total. The van der Waals surface area contributed by atoms with E-state index in [1.54, 1.807) is 36.5 Å². The van der Waals surface area contributed by atoms with E-state index in [0.717, 1.165) is 45.1 Å². The lowest BCUT2D eigenvalue weighted by atomic mass is 9.86. The van der Waals surface area contributed by atoms with E-state index < -0.39 is 27.5 Å². The number of ether oxygens (including phenoxy) is 3. The first-order valence-electron chi connectivity index (χ1n) is 14.6. The molecule has 0 saturated carbocycles. The van der Waals surface area contributed by atoms with Crippen LogP contribution in [-0.4, -0.2) is 47.9 Å². The van der Waals surface area contributed by atoms with Crippen molar-refractivity contribution in [2.75, 3.05) is 12.9 Å². The van der Waals surface area contributed by atoms with Gasteiger partial charge in [0.1, 0.15) is 12.4 Å². The quantitative estimate of drug-likeness (QED) is 0.202. The maximum Gasteiger partial charge on any atom is 0.337 e. The molecule has 232 valence electrons. The molecule has 45 heavy (non-hydrogen) atoms. The Morgan fingerprint density at radius 1 is 1.07 bits per heavy atom. The summed E-state index contributed by atoms with van der Waals surface area (Å²) in [5, 5.41) is 12.1. The van der Waals surface area contributed by atoms with E-state index in [2.05, 4.69) is 0 Å². The number of sulfone groups is 1. The van der Waals surface area contributed by atoms with Crippen LogP contribution in [0.3, 0.4) is 0 Å². The Balaban J connectivity index is 1.51. The summed E-state index contributed by atoms with van der Waals surface area (Å²) in [5.41, 5.74) is 5.19. The average molecular weight is 627 g/mol. The number of rotatable bonds is 8. The number of carbonyl (C=O) groups is 1. The molecule has 10 heteroatoms. The van der Waals surface area contributed by atoms with Gasteiger partial charge in [-0.1, -0.05) is 12.1 Å². The van der Waals surface area contributed by atoms with Gasteiger partial charge in [-0.05, 0) is 92.4 Å². The summed E-state index contributed by atoms with van der Waals surface area (Å²) in [7, 11) is -3.29. The number of hydrogen-bond acceptors (Lipinski definition) is 8. The van der Waals surface area contributed by atoms with Crippen LogP contribution in [0.1, 0.15) is 49.1 Å². The molecular formula is C35H34N2O7S. The molecule has 0 amide bonds. The first kappa shape index (κ1) is 30.5. The van der Waals surface area contributed by atoms with Crippen molar-refractivity contribution in [2.24, 2.45) is 0 Å². The maximum absolute atomic E-state index is 12.8. The zero-order valence-corrected chi connectivity index (χ0v) is 26.6. The van der Waals surface area contributed by atoms with E-state index >= 15 is 0 Å². The third kappa shape index (κ3) is 6.08. The average Bonchev–Trinajstić information content (AvgIpc) is 2.98. The van der Waals surface area contributed by atoms with Crippen LogP contribution in [0.2, 0.25) is 0 Å². The van der Waals surface area contributed by atoms with E-state index in [1.165, 1.54) is 6.26 Å². The van der Waals surface area contributed by atoms with Gasteiger partial charge in [0.15, 0.2) is 15.9 Å². The second kappa shape index (κ2) is 11.4. The van der Waals surface area contributed by atoms with Crippen LogP contribution in [0.15, 0.2) is 71.8 Å². The third-order valence-electron chi connectivity index (χ3n) is 7.75. The highest BCUT2D eigenvalue weighted by atomic mass is 32.2. The topological polar surface area (TPSA) is 125 Å². The summed E-state index contributed by atoms with van der Waals surface area (Å²) < 4.78 is 41.8. The fraction of sp³-hybridized carbons (Fsp3) is 0.286. The second-order valence-electron chi connectivity index (χ2n) is 12.3. The lowest BCUT2D eigenvalue weighted by Gasteiger charge is -2.29. The van der Waals surface area contributed by atoms with Crippen LogP contribution >= 0.6 is 0 Å². The van der Waals surface area contributed by atoms with Crippen LogP contribution < -0.4 is 9.47 Å². The normalized spacial score (nSPS) is 13.9. The first-order chi connectivity index (χ1) is 21.3. The minimum Gasteiger partial charge on any atom is -0.493 e. The van der Waals surface area contributed by atoms with Gasteiger partial charge in [-0.2, -0.15) is 0 Å². The summed E-state index contributed by atoms with van der Waals surface area (Å²) in [4.78, 5) is 22.6. The molecule has 2 aromatic heterocycles. The molecule has 9 nitrogen and oxygen atoms in total. The minimum absolute atomic E-state index is 0.186. The van der Waals surface area contributed by atoms with Crippen molar-refractivity contribution < 1.29 is 32.5 Å².